The van der Waals surface area contributed by atoms with E-state index >= 15 is 0 Å². The first kappa shape index (κ1) is 37.2. The molecule has 266 valence electrons. The standard InChI is InChI=1S/C33H44N6O10/c1-33(2,3)49-32(43)35-23-7-9-24(10-8-23)48-22-21-47-20-19-46-18-17-45-16-15-44-14-13-34-25-5-4-6-26-29(25)31(42)39(38-37-26)27-11-12-28(40)36-30(27)41/h4-10,27,34H,11-22H2,1-3H3,(H,35,43)(H,36,40,41). The molecule has 1 atom stereocenters. The van der Waals surface area contributed by atoms with Gasteiger partial charge in [0, 0.05) is 24.3 Å². The molecule has 3 N–H and O–H groups in total. The number of carbonyl (C=O) groups is 3. The zero-order valence-corrected chi connectivity index (χ0v) is 28.0. The van der Waals surface area contributed by atoms with Crippen molar-refractivity contribution >= 4 is 40.2 Å². The average molecular weight is 685 g/mol. The number of rotatable bonds is 19. The number of amides is 3. The second kappa shape index (κ2) is 18.8. The van der Waals surface area contributed by atoms with Gasteiger partial charge >= 0.3 is 6.09 Å². The molecule has 2 heterocycles. The lowest BCUT2D eigenvalue weighted by atomic mass is 10.1. The largest absolute Gasteiger partial charge is 0.491 e. The first-order valence-corrected chi connectivity index (χ1v) is 16.1. The van der Waals surface area contributed by atoms with Gasteiger partial charge in [-0.25, -0.2) is 4.79 Å². The minimum absolute atomic E-state index is 0.126. The maximum Gasteiger partial charge on any atom is 0.412 e. The highest BCUT2D eigenvalue weighted by Gasteiger charge is 2.30. The van der Waals surface area contributed by atoms with Crippen molar-refractivity contribution in [1.29, 1.82) is 0 Å². The smallest absolute Gasteiger partial charge is 0.412 e. The molecule has 1 aromatic heterocycles. The van der Waals surface area contributed by atoms with Gasteiger partial charge in [0.05, 0.1) is 58.2 Å². The number of aromatic nitrogens is 3. The van der Waals surface area contributed by atoms with Crippen LogP contribution in [0.3, 0.4) is 0 Å². The van der Waals surface area contributed by atoms with Crippen molar-refractivity contribution in [3.05, 3.63) is 52.8 Å². The number of piperidine rings is 1. The molecular formula is C33H44N6O10. The van der Waals surface area contributed by atoms with Crippen LogP contribution in [0.25, 0.3) is 10.9 Å². The Morgan fingerprint density at radius 3 is 2.14 bits per heavy atom. The number of fused-ring (bicyclic) bond motifs is 1. The second-order valence-electron chi connectivity index (χ2n) is 11.9. The third kappa shape index (κ3) is 12.4. The van der Waals surface area contributed by atoms with Gasteiger partial charge in [-0.2, -0.15) is 4.68 Å². The van der Waals surface area contributed by atoms with E-state index in [1.807, 2.05) is 0 Å². The van der Waals surface area contributed by atoms with Crippen LogP contribution in [0, 0.1) is 0 Å². The first-order chi connectivity index (χ1) is 23.6. The van der Waals surface area contributed by atoms with Crippen LogP contribution in [0.15, 0.2) is 47.3 Å². The number of nitrogens with zero attached hydrogens (tertiary/aromatic N) is 3. The summed E-state index contributed by atoms with van der Waals surface area (Å²) < 4.78 is 34.1. The molecule has 16 heteroatoms. The van der Waals surface area contributed by atoms with Gasteiger partial charge in [0.25, 0.3) is 11.5 Å². The Balaban J connectivity index is 0.993. The van der Waals surface area contributed by atoms with Gasteiger partial charge < -0.3 is 33.7 Å². The molecular weight excluding hydrogens is 640 g/mol. The van der Waals surface area contributed by atoms with Crippen LogP contribution in [0.2, 0.25) is 0 Å². The molecule has 16 nitrogen and oxygen atoms in total. The third-order valence-electron chi connectivity index (χ3n) is 6.89. The maximum atomic E-state index is 13.2. The highest BCUT2D eigenvalue weighted by Crippen LogP contribution is 2.21. The van der Waals surface area contributed by atoms with Crippen LogP contribution in [0.1, 0.15) is 39.7 Å². The topological polar surface area (TPSA) is 190 Å². The molecule has 1 fully saturated rings. The van der Waals surface area contributed by atoms with Crippen LogP contribution in [0.4, 0.5) is 16.2 Å². The molecule has 49 heavy (non-hydrogen) atoms. The quantitative estimate of drug-likeness (QED) is 0.124. The van der Waals surface area contributed by atoms with Crippen LogP contribution in [-0.2, 0) is 33.3 Å². The summed E-state index contributed by atoms with van der Waals surface area (Å²) in [6, 6.07) is 11.3. The van der Waals surface area contributed by atoms with Crippen molar-refractivity contribution in [2.45, 2.75) is 45.3 Å². The maximum absolute atomic E-state index is 13.2. The van der Waals surface area contributed by atoms with E-state index in [4.69, 9.17) is 28.4 Å². The second-order valence-corrected chi connectivity index (χ2v) is 11.9. The summed E-state index contributed by atoms with van der Waals surface area (Å²) in [5.74, 6) is -0.280. The lowest BCUT2D eigenvalue weighted by molar-refractivity contribution is -0.136. The summed E-state index contributed by atoms with van der Waals surface area (Å²) in [5, 5.41) is 16.4. The molecule has 4 rings (SSSR count). The van der Waals surface area contributed by atoms with E-state index in [-0.39, 0.29) is 18.7 Å². The molecule has 0 radical (unpaired) electrons. The third-order valence-corrected chi connectivity index (χ3v) is 6.89. The lowest BCUT2D eigenvalue weighted by Gasteiger charge is -2.21. The zero-order chi connectivity index (χ0) is 35.1. The summed E-state index contributed by atoms with van der Waals surface area (Å²) in [5.41, 5.74) is 0.524. The molecule has 0 bridgehead atoms. The van der Waals surface area contributed by atoms with Crippen molar-refractivity contribution in [2.75, 3.05) is 76.6 Å². The Morgan fingerprint density at radius 2 is 1.51 bits per heavy atom. The SMILES string of the molecule is CC(C)(C)OC(=O)Nc1ccc(OCCOCCOCCOCCOCCNc2cccc3nnn(C4CCC(=O)NC4=O)c(=O)c23)cc1. The summed E-state index contributed by atoms with van der Waals surface area (Å²) >= 11 is 0. The van der Waals surface area contributed by atoms with Crippen LogP contribution < -0.4 is 26.2 Å². The van der Waals surface area contributed by atoms with Gasteiger partial charge in [-0.1, -0.05) is 11.3 Å². The number of hydrogen-bond donors (Lipinski definition) is 3. The highest BCUT2D eigenvalue weighted by atomic mass is 16.6. The van der Waals surface area contributed by atoms with E-state index in [1.54, 1.807) is 63.2 Å². The van der Waals surface area contributed by atoms with Gasteiger partial charge in [0.1, 0.15) is 29.5 Å². The van der Waals surface area contributed by atoms with E-state index in [0.717, 1.165) is 4.68 Å². The number of nitrogens with one attached hydrogen (secondary N) is 3. The van der Waals surface area contributed by atoms with Crippen molar-refractivity contribution in [2.24, 2.45) is 0 Å². The minimum atomic E-state index is -0.891. The molecule has 0 spiro atoms. The first-order valence-electron chi connectivity index (χ1n) is 16.1. The minimum Gasteiger partial charge on any atom is -0.491 e. The fourth-order valence-electron chi connectivity index (χ4n) is 4.66. The van der Waals surface area contributed by atoms with E-state index in [1.165, 1.54) is 0 Å². The molecule has 1 unspecified atom stereocenters. The molecule has 1 aliphatic rings. The Labute approximate surface area is 283 Å². The number of hydrogen-bond acceptors (Lipinski definition) is 13. The lowest BCUT2D eigenvalue weighted by Crippen LogP contribution is -2.45. The van der Waals surface area contributed by atoms with Gasteiger partial charge in [0.2, 0.25) is 5.91 Å². The van der Waals surface area contributed by atoms with Crippen molar-refractivity contribution < 1.29 is 42.8 Å². The Bertz CT molecular complexity index is 1590. The number of anilines is 2. The summed E-state index contributed by atoms with van der Waals surface area (Å²) in [6.07, 6.45) is -0.202. The van der Waals surface area contributed by atoms with Crippen molar-refractivity contribution in [3.63, 3.8) is 0 Å². The number of benzene rings is 2. The van der Waals surface area contributed by atoms with Gasteiger partial charge in [-0.3, -0.25) is 25.0 Å². The number of imide groups is 1. The van der Waals surface area contributed by atoms with Crippen molar-refractivity contribution in [3.8, 4) is 5.75 Å². The molecule has 0 aliphatic carbocycles. The zero-order valence-electron chi connectivity index (χ0n) is 28.0. The molecule has 3 amide bonds. The molecule has 1 aliphatic heterocycles. The predicted octanol–water partition coefficient (Wildman–Crippen LogP) is 2.67. The predicted molar refractivity (Wildman–Crippen MR) is 179 cm³/mol. The molecule has 0 saturated carbocycles. The summed E-state index contributed by atoms with van der Waals surface area (Å²) in [6.45, 7) is 9.45. The summed E-state index contributed by atoms with van der Waals surface area (Å²) in [7, 11) is 0. The van der Waals surface area contributed by atoms with Gasteiger partial charge in [0.15, 0.2) is 0 Å². The molecule has 3 aromatic rings. The van der Waals surface area contributed by atoms with Crippen molar-refractivity contribution in [1.82, 2.24) is 20.3 Å². The Kier molecular flexibility index (Phi) is 14.3. The number of carbonyl (C=O) groups excluding carboxylic acids is 3. The normalized spacial score (nSPS) is 14.8. The Morgan fingerprint density at radius 1 is 0.878 bits per heavy atom. The summed E-state index contributed by atoms with van der Waals surface area (Å²) in [4.78, 5) is 48.8. The van der Waals surface area contributed by atoms with Gasteiger partial charge in [-0.05, 0) is 63.6 Å². The Hall–Kier alpha value is -4.64. The number of ether oxygens (including phenoxy) is 6. The average Bonchev–Trinajstić information content (AvgIpc) is 3.05. The van der Waals surface area contributed by atoms with Crippen LogP contribution in [-0.4, -0.2) is 105 Å². The highest BCUT2D eigenvalue weighted by molar-refractivity contribution is 5.99. The fourth-order valence-corrected chi connectivity index (χ4v) is 4.66. The van der Waals surface area contributed by atoms with E-state index in [0.29, 0.717) is 94.0 Å². The van der Waals surface area contributed by atoms with Crippen LogP contribution >= 0.6 is 0 Å². The molecule has 1 saturated heterocycles. The fraction of sp³-hybridized carbons (Fsp3) is 0.515. The molecule has 2 aromatic carbocycles. The van der Waals surface area contributed by atoms with E-state index < -0.39 is 29.2 Å². The van der Waals surface area contributed by atoms with E-state index in [2.05, 4.69) is 26.3 Å². The van der Waals surface area contributed by atoms with Crippen LogP contribution in [0.5, 0.6) is 5.75 Å². The van der Waals surface area contributed by atoms with E-state index in [9.17, 15) is 19.2 Å². The van der Waals surface area contributed by atoms with Gasteiger partial charge in [-0.15, -0.1) is 5.10 Å². The monoisotopic (exact) mass is 684 g/mol.